The molecular weight excluding hydrogens is 212 g/mol. The third-order valence-corrected chi connectivity index (χ3v) is 2.48. The molecule has 0 saturated carbocycles. The molecule has 1 aromatic carbocycles. The number of aromatic nitrogens is 1. The second kappa shape index (κ2) is 4.55. The lowest BCUT2D eigenvalue weighted by atomic mass is 10.1. The first-order valence-electron chi connectivity index (χ1n) is 4.84. The molecule has 1 aromatic heterocycles. The van der Waals surface area contributed by atoms with Crippen LogP contribution >= 0.6 is 11.6 Å². The molecule has 0 amide bonds. The summed E-state index contributed by atoms with van der Waals surface area (Å²) in [6.45, 7) is 0.627. The quantitative estimate of drug-likeness (QED) is 0.783. The molecule has 0 aliphatic heterocycles. The van der Waals surface area contributed by atoms with Crippen LogP contribution in [-0.4, -0.2) is 17.6 Å². The Balaban J connectivity index is 2.53. The minimum atomic E-state index is 0.159. The van der Waals surface area contributed by atoms with Gasteiger partial charge < -0.3 is 15.5 Å². The molecule has 80 valence electrons. The van der Waals surface area contributed by atoms with Crippen LogP contribution in [0.15, 0.2) is 24.4 Å². The van der Waals surface area contributed by atoms with Crippen LogP contribution in [-0.2, 0) is 6.42 Å². The normalized spacial score (nSPS) is 10.8. The van der Waals surface area contributed by atoms with Gasteiger partial charge in [-0.25, -0.2) is 0 Å². The number of H-pyrrole nitrogens is 1. The van der Waals surface area contributed by atoms with Gasteiger partial charge in [0, 0.05) is 17.1 Å². The summed E-state index contributed by atoms with van der Waals surface area (Å²) >= 11 is 5.58. The van der Waals surface area contributed by atoms with Crippen molar-refractivity contribution in [3.05, 3.63) is 30.0 Å². The maximum absolute atomic E-state index is 5.58. The molecule has 0 unspecified atom stereocenters. The van der Waals surface area contributed by atoms with Crippen molar-refractivity contribution in [2.75, 3.05) is 12.6 Å². The van der Waals surface area contributed by atoms with Gasteiger partial charge in [-0.15, -0.1) is 0 Å². The Morgan fingerprint density at radius 1 is 1.40 bits per heavy atom. The minimum Gasteiger partial charge on any atom is -0.477 e. The van der Waals surface area contributed by atoms with Crippen LogP contribution in [0.4, 0.5) is 0 Å². The number of aromatic amines is 1. The Morgan fingerprint density at radius 2 is 2.27 bits per heavy atom. The van der Waals surface area contributed by atoms with E-state index in [1.165, 1.54) is 5.56 Å². The number of benzene rings is 1. The number of hydrogen-bond acceptors (Lipinski definition) is 2. The van der Waals surface area contributed by atoms with E-state index in [4.69, 9.17) is 22.1 Å². The second-order valence-electron chi connectivity index (χ2n) is 3.28. The lowest BCUT2D eigenvalue weighted by Crippen LogP contribution is -2.02. The molecule has 3 N–H and O–H groups in total. The predicted octanol–water partition coefficient (Wildman–Crippen LogP) is 2.24. The molecule has 0 fully saturated rings. The van der Waals surface area contributed by atoms with Gasteiger partial charge in [0.15, 0.2) is 6.07 Å². The molecule has 2 aromatic rings. The molecule has 4 heteroatoms. The van der Waals surface area contributed by atoms with Gasteiger partial charge in [-0.1, -0.05) is 17.7 Å². The fourth-order valence-corrected chi connectivity index (χ4v) is 1.87. The highest BCUT2D eigenvalue weighted by Crippen LogP contribution is 2.29. The Hall–Kier alpha value is -1.19. The van der Waals surface area contributed by atoms with E-state index in [9.17, 15) is 0 Å². The first kappa shape index (κ1) is 10.3. The molecular formula is C11H13ClN2O. The zero-order valence-corrected chi connectivity index (χ0v) is 9.05. The van der Waals surface area contributed by atoms with Gasteiger partial charge in [-0.05, 0) is 30.7 Å². The molecule has 0 aliphatic rings. The largest absolute Gasteiger partial charge is 0.477 e. The summed E-state index contributed by atoms with van der Waals surface area (Å²) in [5, 5.41) is 1.09. The Kier molecular flexibility index (Phi) is 3.14. The van der Waals surface area contributed by atoms with Crippen LogP contribution in [0.5, 0.6) is 5.75 Å². The minimum absolute atomic E-state index is 0.159. The molecule has 0 atom stereocenters. The van der Waals surface area contributed by atoms with Crippen molar-refractivity contribution >= 4 is 22.5 Å². The summed E-state index contributed by atoms with van der Waals surface area (Å²) in [5.41, 5.74) is 7.78. The molecule has 0 radical (unpaired) electrons. The number of alkyl halides is 1. The lowest BCUT2D eigenvalue weighted by Gasteiger charge is -2.05. The molecule has 0 saturated heterocycles. The van der Waals surface area contributed by atoms with Crippen LogP contribution in [0.25, 0.3) is 10.9 Å². The zero-order valence-electron chi connectivity index (χ0n) is 8.29. The van der Waals surface area contributed by atoms with E-state index in [1.54, 1.807) is 0 Å². The monoisotopic (exact) mass is 224 g/mol. The summed E-state index contributed by atoms with van der Waals surface area (Å²) < 4.78 is 5.37. The number of nitrogens with two attached hydrogens (primary N) is 1. The van der Waals surface area contributed by atoms with Crippen LogP contribution < -0.4 is 10.5 Å². The van der Waals surface area contributed by atoms with Crippen molar-refractivity contribution in [2.24, 2.45) is 5.73 Å². The summed E-state index contributed by atoms with van der Waals surface area (Å²) in [6, 6.07) is 6.02. The van der Waals surface area contributed by atoms with Gasteiger partial charge in [0.05, 0.1) is 0 Å². The van der Waals surface area contributed by atoms with Crippen LogP contribution in [0.2, 0.25) is 0 Å². The van der Waals surface area contributed by atoms with E-state index < -0.39 is 0 Å². The Bertz CT molecular complexity index is 453. The van der Waals surface area contributed by atoms with Crippen LogP contribution in [0.1, 0.15) is 5.56 Å². The van der Waals surface area contributed by atoms with Gasteiger partial charge >= 0.3 is 0 Å². The standard InChI is InChI=1S/C11H13ClN2O/c12-7-15-10-3-1-2-9-11(10)8(4-5-13)6-14-9/h1-3,6,14H,4-5,7,13H2. The smallest absolute Gasteiger partial charge is 0.162 e. The number of halogens is 1. The molecule has 1 heterocycles. The molecule has 3 nitrogen and oxygen atoms in total. The van der Waals surface area contributed by atoms with Crippen LogP contribution in [0, 0.1) is 0 Å². The topological polar surface area (TPSA) is 51.0 Å². The fourth-order valence-electron chi connectivity index (χ4n) is 1.75. The zero-order chi connectivity index (χ0) is 10.7. The third kappa shape index (κ3) is 1.94. The van der Waals surface area contributed by atoms with Crippen LogP contribution in [0.3, 0.4) is 0 Å². The van der Waals surface area contributed by atoms with E-state index in [-0.39, 0.29) is 6.07 Å². The highest BCUT2D eigenvalue weighted by Gasteiger charge is 2.08. The number of rotatable bonds is 4. The summed E-state index contributed by atoms with van der Waals surface area (Å²) in [4.78, 5) is 3.19. The van der Waals surface area contributed by atoms with Gasteiger partial charge in [0.2, 0.25) is 0 Å². The molecule has 0 aliphatic carbocycles. The summed E-state index contributed by atoms with van der Waals surface area (Å²) in [6.07, 6.45) is 2.81. The highest BCUT2D eigenvalue weighted by atomic mass is 35.5. The average Bonchev–Trinajstić information content (AvgIpc) is 2.64. The number of ether oxygens (including phenoxy) is 1. The molecule has 0 bridgehead atoms. The van der Waals surface area contributed by atoms with E-state index in [2.05, 4.69) is 4.98 Å². The maximum Gasteiger partial charge on any atom is 0.162 e. The third-order valence-electron chi connectivity index (χ3n) is 2.37. The Labute approximate surface area is 93.2 Å². The second-order valence-corrected chi connectivity index (χ2v) is 3.50. The number of hydrogen-bond donors (Lipinski definition) is 2. The van der Waals surface area contributed by atoms with E-state index in [1.807, 2.05) is 24.4 Å². The van der Waals surface area contributed by atoms with E-state index in [0.717, 1.165) is 23.1 Å². The van der Waals surface area contributed by atoms with Crippen molar-refractivity contribution in [2.45, 2.75) is 6.42 Å². The number of nitrogens with one attached hydrogen (secondary N) is 1. The van der Waals surface area contributed by atoms with Crippen molar-refractivity contribution < 1.29 is 4.74 Å². The van der Waals surface area contributed by atoms with Crippen molar-refractivity contribution in [3.8, 4) is 5.75 Å². The summed E-state index contributed by atoms with van der Waals surface area (Å²) in [7, 11) is 0. The maximum atomic E-state index is 5.58. The first-order chi connectivity index (χ1) is 7.36. The van der Waals surface area contributed by atoms with Crippen molar-refractivity contribution in [3.63, 3.8) is 0 Å². The van der Waals surface area contributed by atoms with Gasteiger partial charge in [0.1, 0.15) is 5.75 Å². The Morgan fingerprint density at radius 3 is 3.00 bits per heavy atom. The SMILES string of the molecule is NCCc1c[nH]c2cccc(OCCl)c12. The molecule has 2 rings (SSSR count). The van der Waals surface area contributed by atoms with Gasteiger partial charge in [-0.2, -0.15) is 0 Å². The average molecular weight is 225 g/mol. The predicted molar refractivity (Wildman–Crippen MR) is 62.4 cm³/mol. The highest BCUT2D eigenvalue weighted by molar-refractivity contribution is 6.17. The van der Waals surface area contributed by atoms with Crippen molar-refractivity contribution in [1.29, 1.82) is 0 Å². The van der Waals surface area contributed by atoms with Crippen molar-refractivity contribution in [1.82, 2.24) is 4.98 Å². The van der Waals surface area contributed by atoms with E-state index >= 15 is 0 Å². The van der Waals surface area contributed by atoms with Gasteiger partial charge in [-0.3, -0.25) is 0 Å². The van der Waals surface area contributed by atoms with E-state index in [0.29, 0.717) is 6.54 Å². The first-order valence-corrected chi connectivity index (χ1v) is 5.38. The lowest BCUT2D eigenvalue weighted by molar-refractivity contribution is 0.392. The molecule has 0 spiro atoms. The number of fused-ring (bicyclic) bond motifs is 1. The van der Waals surface area contributed by atoms with Gasteiger partial charge in [0.25, 0.3) is 0 Å². The summed E-state index contributed by atoms with van der Waals surface area (Å²) in [5.74, 6) is 0.812. The fraction of sp³-hybridized carbons (Fsp3) is 0.273. The molecule has 15 heavy (non-hydrogen) atoms.